The molecule has 2 amide bonds. The Morgan fingerprint density at radius 3 is 2.70 bits per heavy atom. The van der Waals surface area contributed by atoms with Crippen molar-refractivity contribution in [3.8, 4) is 0 Å². The van der Waals surface area contributed by atoms with E-state index in [2.05, 4.69) is 5.32 Å². The van der Waals surface area contributed by atoms with Crippen molar-refractivity contribution in [1.29, 1.82) is 0 Å². The SMILES string of the molecule is COCC(=O)N[C@H]1C=C[C@@H](CC(=O)N2CCCCC2)O[C@@H]1CO. The normalized spacial score (nSPS) is 27.7. The van der Waals surface area contributed by atoms with Gasteiger partial charge in [-0.1, -0.05) is 12.2 Å². The molecule has 0 saturated carbocycles. The molecule has 2 heterocycles. The molecule has 2 rings (SSSR count). The lowest BCUT2D eigenvalue weighted by atomic mass is 10.0. The average Bonchev–Trinajstić information content (AvgIpc) is 2.57. The lowest BCUT2D eigenvalue weighted by Crippen LogP contribution is -2.50. The molecule has 130 valence electrons. The van der Waals surface area contributed by atoms with Gasteiger partial charge in [0.05, 0.1) is 25.2 Å². The fourth-order valence-electron chi connectivity index (χ4n) is 2.94. The van der Waals surface area contributed by atoms with Crippen molar-refractivity contribution in [3.63, 3.8) is 0 Å². The van der Waals surface area contributed by atoms with Crippen molar-refractivity contribution in [2.45, 2.75) is 43.9 Å². The first-order valence-corrected chi connectivity index (χ1v) is 8.14. The molecule has 0 aromatic heterocycles. The summed E-state index contributed by atoms with van der Waals surface area (Å²) in [7, 11) is 1.44. The Labute approximate surface area is 136 Å². The molecule has 2 aliphatic heterocycles. The highest BCUT2D eigenvalue weighted by Gasteiger charge is 2.30. The van der Waals surface area contributed by atoms with Gasteiger partial charge in [0, 0.05) is 20.2 Å². The Balaban J connectivity index is 1.87. The number of amides is 2. The second-order valence-electron chi connectivity index (χ2n) is 5.95. The maximum absolute atomic E-state index is 12.3. The molecule has 7 heteroatoms. The third kappa shape index (κ3) is 5.30. The molecule has 0 aliphatic carbocycles. The number of likely N-dealkylation sites (tertiary alicyclic amines) is 1. The fourth-order valence-corrected chi connectivity index (χ4v) is 2.94. The molecule has 23 heavy (non-hydrogen) atoms. The minimum Gasteiger partial charge on any atom is -0.394 e. The summed E-state index contributed by atoms with van der Waals surface area (Å²) in [5.74, 6) is -0.190. The van der Waals surface area contributed by atoms with Gasteiger partial charge in [0.2, 0.25) is 11.8 Å². The van der Waals surface area contributed by atoms with Crippen LogP contribution in [0.2, 0.25) is 0 Å². The minimum atomic E-state index is -0.556. The third-order valence-electron chi connectivity index (χ3n) is 4.15. The maximum atomic E-state index is 12.3. The van der Waals surface area contributed by atoms with Gasteiger partial charge in [-0.15, -0.1) is 0 Å². The standard InChI is InChI=1S/C16H26N2O5/c1-22-11-15(20)17-13-6-5-12(23-14(13)10-19)9-16(21)18-7-3-2-4-8-18/h5-6,12-14,19H,2-4,7-11H2,1H3,(H,17,20)/t12-,13-,14+/m0/s1. The van der Waals surface area contributed by atoms with Crippen molar-refractivity contribution in [2.75, 3.05) is 33.4 Å². The number of ether oxygens (including phenoxy) is 2. The first-order chi connectivity index (χ1) is 11.1. The van der Waals surface area contributed by atoms with E-state index < -0.39 is 12.1 Å². The van der Waals surface area contributed by atoms with E-state index >= 15 is 0 Å². The summed E-state index contributed by atoms with van der Waals surface area (Å²) in [5, 5.41) is 12.2. The fraction of sp³-hybridized carbons (Fsp3) is 0.750. The second kappa shape index (κ2) is 9.00. The van der Waals surface area contributed by atoms with Crippen LogP contribution in [-0.2, 0) is 19.1 Å². The van der Waals surface area contributed by atoms with Crippen LogP contribution >= 0.6 is 0 Å². The summed E-state index contributed by atoms with van der Waals surface area (Å²) in [4.78, 5) is 25.7. The van der Waals surface area contributed by atoms with E-state index in [0.717, 1.165) is 25.9 Å². The highest BCUT2D eigenvalue weighted by molar-refractivity contribution is 5.78. The van der Waals surface area contributed by atoms with E-state index in [4.69, 9.17) is 9.47 Å². The van der Waals surface area contributed by atoms with Gasteiger partial charge in [-0.2, -0.15) is 0 Å². The molecule has 0 aromatic rings. The monoisotopic (exact) mass is 326 g/mol. The third-order valence-corrected chi connectivity index (χ3v) is 4.15. The number of rotatable bonds is 6. The van der Waals surface area contributed by atoms with Gasteiger partial charge in [0.1, 0.15) is 12.7 Å². The topological polar surface area (TPSA) is 88.1 Å². The Hall–Kier alpha value is -1.44. The van der Waals surface area contributed by atoms with Crippen molar-refractivity contribution in [1.82, 2.24) is 10.2 Å². The first kappa shape index (κ1) is 17.9. The number of aliphatic hydroxyl groups is 1. The largest absolute Gasteiger partial charge is 0.394 e. The summed E-state index contributed by atoms with van der Waals surface area (Å²) < 4.78 is 10.5. The van der Waals surface area contributed by atoms with Crippen LogP contribution in [0.25, 0.3) is 0 Å². The minimum absolute atomic E-state index is 0.0423. The summed E-state index contributed by atoms with van der Waals surface area (Å²) in [6.45, 7) is 1.36. The Bertz CT molecular complexity index is 434. The van der Waals surface area contributed by atoms with Gasteiger partial charge < -0.3 is 24.8 Å². The summed E-state index contributed by atoms with van der Waals surface area (Å²) in [6, 6.07) is -0.413. The van der Waals surface area contributed by atoms with Crippen molar-refractivity contribution in [3.05, 3.63) is 12.2 Å². The zero-order chi connectivity index (χ0) is 16.7. The average molecular weight is 326 g/mol. The van der Waals surface area contributed by atoms with Crippen LogP contribution in [-0.4, -0.2) is 73.5 Å². The van der Waals surface area contributed by atoms with E-state index in [1.807, 2.05) is 4.90 Å². The van der Waals surface area contributed by atoms with E-state index in [1.54, 1.807) is 12.2 Å². The highest BCUT2D eigenvalue weighted by atomic mass is 16.5. The van der Waals surface area contributed by atoms with Gasteiger partial charge in [0.25, 0.3) is 0 Å². The molecule has 1 fully saturated rings. The molecule has 2 N–H and O–H groups in total. The first-order valence-electron chi connectivity index (χ1n) is 8.14. The second-order valence-corrected chi connectivity index (χ2v) is 5.95. The number of methoxy groups -OCH3 is 1. The van der Waals surface area contributed by atoms with Gasteiger partial charge in [0.15, 0.2) is 0 Å². The smallest absolute Gasteiger partial charge is 0.246 e. The van der Waals surface area contributed by atoms with E-state index in [1.165, 1.54) is 13.5 Å². The Morgan fingerprint density at radius 1 is 1.30 bits per heavy atom. The van der Waals surface area contributed by atoms with Crippen molar-refractivity contribution < 1.29 is 24.2 Å². The number of carbonyl (C=O) groups is 2. The number of piperidine rings is 1. The summed E-state index contributed by atoms with van der Waals surface area (Å²) in [5.41, 5.74) is 0. The van der Waals surface area contributed by atoms with Gasteiger partial charge >= 0.3 is 0 Å². The van der Waals surface area contributed by atoms with Crippen LogP contribution in [0.4, 0.5) is 0 Å². The van der Waals surface area contributed by atoms with Gasteiger partial charge in [-0.25, -0.2) is 0 Å². The Kier molecular flexibility index (Phi) is 7.01. The molecule has 3 atom stereocenters. The zero-order valence-electron chi connectivity index (χ0n) is 13.6. The van der Waals surface area contributed by atoms with Crippen molar-refractivity contribution >= 4 is 11.8 Å². The molecule has 0 bridgehead atoms. The molecular weight excluding hydrogens is 300 g/mol. The van der Waals surface area contributed by atoms with E-state index in [0.29, 0.717) is 0 Å². The predicted octanol–water partition coefficient (Wildman–Crippen LogP) is -0.164. The number of hydrogen-bond acceptors (Lipinski definition) is 5. The van der Waals surface area contributed by atoms with E-state index in [-0.39, 0.29) is 37.6 Å². The van der Waals surface area contributed by atoms with Crippen molar-refractivity contribution in [2.24, 2.45) is 0 Å². The predicted molar refractivity (Wildman–Crippen MR) is 83.7 cm³/mol. The molecule has 0 aromatic carbocycles. The maximum Gasteiger partial charge on any atom is 0.246 e. The number of nitrogens with one attached hydrogen (secondary N) is 1. The van der Waals surface area contributed by atoms with E-state index in [9.17, 15) is 14.7 Å². The molecule has 0 spiro atoms. The molecular formula is C16H26N2O5. The van der Waals surface area contributed by atoms with Crippen LogP contribution in [0.15, 0.2) is 12.2 Å². The summed E-state index contributed by atoms with van der Waals surface area (Å²) >= 11 is 0. The van der Waals surface area contributed by atoms with Crippen LogP contribution in [0.5, 0.6) is 0 Å². The van der Waals surface area contributed by atoms with Crippen LogP contribution in [0, 0.1) is 0 Å². The van der Waals surface area contributed by atoms with Gasteiger partial charge in [-0.3, -0.25) is 9.59 Å². The number of carbonyl (C=O) groups excluding carboxylic acids is 2. The molecule has 7 nitrogen and oxygen atoms in total. The zero-order valence-corrected chi connectivity index (χ0v) is 13.6. The highest BCUT2D eigenvalue weighted by Crippen LogP contribution is 2.18. The number of hydrogen-bond donors (Lipinski definition) is 2. The number of aliphatic hydroxyl groups excluding tert-OH is 1. The van der Waals surface area contributed by atoms with Crippen LogP contribution < -0.4 is 5.32 Å². The number of nitrogens with zero attached hydrogens (tertiary/aromatic N) is 1. The Morgan fingerprint density at radius 2 is 2.04 bits per heavy atom. The molecule has 2 aliphatic rings. The lowest BCUT2D eigenvalue weighted by molar-refractivity contribution is -0.137. The molecule has 0 radical (unpaired) electrons. The van der Waals surface area contributed by atoms with Crippen LogP contribution in [0.3, 0.4) is 0 Å². The lowest BCUT2D eigenvalue weighted by Gasteiger charge is -2.33. The van der Waals surface area contributed by atoms with Gasteiger partial charge in [-0.05, 0) is 19.3 Å². The van der Waals surface area contributed by atoms with Crippen LogP contribution in [0.1, 0.15) is 25.7 Å². The quantitative estimate of drug-likeness (QED) is 0.662. The molecule has 1 saturated heterocycles. The molecule has 0 unspecified atom stereocenters. The summed E-state index contributed by atoms with van der Waals surface area (Å²) in [6.07, 6.45) is 6.21.